The third-order valence-electron chi connectivity index (χ3n) is 4.48. The molecule has 1 amide bonds. The van der Waals surface area contributed by atoms with Crippen LogP contribution in [0.1, 0.15) is 34.3 Å². The molecule has 0 spiro atoms. The van der Waals surface area contributed by atoms with Crippen molar-refractivity contribution in [2.75, 3.05) is 24.5 Å². The van der Waals surface area contributed by atoms with Crippen LogP contribution in [0, 0.1) is 19.8 Å². The molecule has 126 valence electrons. The van der Waals surface area contributed by atoms with Crippen LogP contribution in [0.4, 0.5) is 5.95 Å². The third kappa shape index (κ3) is 4.10. The number of hydrogen-bond acceptors (Lipinski definition) is 4. The summed E-state index contributed by atoms with van der Waals surface area (Å²) in [4.78, 5) is 23.2. The number of carbonyl (C=O) groups is 1. The lowest BCUT2D eigenvalue weighted by atomic mass is 9.97. The monoisotopic (exact) mass is 324 g/mol. The summed E-state index contributed by atoms with van der Waals surface area (Å²) in [6.07, 6.45) is 5.65. The molecule has 3 rings (SSSR count). The van der Waals surface area contributed by atoms with Gasteiger partial charge < -0.3 is 10.2 Å². The van der Waals surface area contributed by atoms with Crippen LogP contribution < -0.4 is 10.2 Å². The van der Waals surface area contributed by atoms with E-state index in [1.807, 2.05) is 32.0 Å². The quantitative estimate of drug-likeness (QED) is 0.939. The molecule has 2 heterocycles. The van der Waals surface area contributed by atoms with E-state index in [9.17, 15) is 4.79 Å². The maximum absolute atomic E-state index is 12.3. The van der Waals surface area contributed by atoms with Gasteiger partial charge >= 0.3 is 0 Å². The van der Waals surface area contributed by atoms with E-state index >= 15 is 0 Å². The van der Waals surface area contributed by atoms with E-state index in [4.69, 9.17) is 0 Å². The van der Waals surface area contributed by atoms with Crippen LogP contribution in [-0.2, 0) is 0 Å². The first-order valence-corrected chi connectivity index (χ1v) is 8.50. The summed E-state index contributed by atoms with van der Waals surface area (Å²) in [7, 11) is 0. The number of rotatable bonds is 4. The number of nitrogens with zero attached hydrogens (tertiary/aromatic N) is 3. The summed E-state index contributed by atoms with van der Waals surface area (Å²) in [6.45, 7) is 6.65. The average molecular weight is 324 g/mol. The molecule has 1 aromatic carbocycles. The summed E-state index contributed by atoms with van der Waals surface area (Å²) in [6, 6.07) is 7.80. The first kappa shape index (κ1) is 16.4. The Labute approximate surface area is 143 Å². The van der Waals surface area contributed by atoms with Gasteiger partial charge in [0.1, 0.15) is 0 Å². The minimum absolute atomic E-state index is 0.0237. The number of hydrogen-bond donors (Lipinski definition) is 1. The Morgan fingerprint density at radius 2 is 1.75 bits per heavy atom. The van der Waals surface area contributed by atoms with Crippen LogP contribution in [0.15, 0.2) is 36.7 Å². The van der Waals surface area contributed by atoms with E-state index in [0.29, 0.717) is 5.92 Å². The van der Waals surface area contributed by atoms with Crippen molar-refractivity contribution in [2.24, 2.45) is 5.92 Å². The standard InChI is InChI=1S/C19H24N4O/c1-14-10-15(2)12-17(11-14)18(24)22-13-16-4-8-23(9-5-16)19-20-6-3-7-21-19/h3,6-7,10-12,16H,4-5,8-9,13H2,1-2H3,(H,22,24). The minimum Gasteiger partial charge on any atom is -0.352 e. The summed E-state index contributed by atoms with van der Waals surface area (Å²) in [5.41, 5.74) is 3.00. The molecule has 5 nitrogen and oxygen atoms in total. The SMILES string of the molecule is Cc1cc(C)cc(C(=O)NCC2CCN(c3ncccn3)CC2)c1. The van der Waals surface area contributed by atoms with E-state index in [0.717, 1.165) is 55.1 Å². The van der Waals surface area contributed by atoms with Crippen LogP contribution >= 0.6 is 0 Å². The van der Waals surface area contributed by atoms with E-state index in [2.05, 4.69) is 26.3 Å². The van der Waals surface area contributed by atoms with Gasteiger partial charge in [0, 0.05) is 37.6 Å². The zero-order chi connectivity index (χ0) is 16.9. The van der Waals surface area contributed by atoms with Crippen molar-refractivity contribution in [1.82, 2.24) is 15.3 Å². The highest BCUT2D eigenvalue weighted by Crippen LogP contribution is 2.19. The van der Waals surface area contributed by atoms with E-state index in [1.165, 1.54) is 0 Å². The Hall–Kier alpha value is -2.43. The summed E-state index contributed by atoms with van der Waals surface area (Å²) >= 11 is 0. The second-order valence-corrected chi connectivity index (χ2v) is 6.57. The second kappa shape index (κ2) is 7.43. The van der Waals surface area contributed by atoms with E-state index < -0.39 is 0 Å². The number of carbonyl (C=O) groups excluding carboxylic acids is 1. The Bertz CT molecular complexity index is 674. The number of amides is 1. The van der Waals surface area contributed by atoms with Gasteiger partial charge in [0.2, 0.25) is 5.95 Å². The van der Waals surface area contributed by atoms with E-state index in [1.54, 1.807) is 12.4 Å². The van der Waals surface area contributed by atoms with Crippen molar-refractivity contribution in [3.63, 3.8) is 0 Å². The van der Waals surface area contributed by atoms with Gasteiger partial charge in [-0.1, -0.05) is 17.2 Å². The first-order chi connectivity index (χ1) is 11.6. The molecule has 0 saturated carbocycles. The predicted molar refractivity (Wildman–Crippen MR) is 95.2 cm³/mol. The Morgan fingerprint density at radius 1 is 1.12 bits per heavy atom. The topological polar surface area (TPSA) is 58.1 Å². The summed E-state index contributed by atoms with van der Waals surface area (Å²) < 4.78 is 0. The highest BCUT2D eigenvalue weighted by Gasteiger charge is 2.21. The predicted octanol–water partition coefficient (Wildman–Crippen LogP) is 2.74. The first-order valence-electron chi connectivity index (χ1n) is 8.50. The molecular formula is C19H24N4O. The zero-order valence-electron chi connectivity index (χ0n) is 14.3. The Balaban J connectivity index is 1.49. The highest BCUT2D eigenvalue weighted by atomic mass is 16.1. The van der Waals surface area contributed by atoms with Gasteiger partial charge in [-0.2, -0.15) is 0 Å². The molecule has 1 aliphatic rings. The normalized spacial score (nSPS) is 15.3. The van der Waals surface area contributed by atoms with Crippen molar-refractivity contribution >= 4 is 11.9 Å². The third-order valence-corrected chi connectivity index (χ3v) is 4.48. The zero-order valence-corrected chi connectivity index (χ0v) is 14.3. The van der Waals surface area contributed by atoms with Crippen LogP contribution in [-0.4, -0.2) is 35.5 Å². The van der Waals surface area contributed by atoms with Crippen LogP contribution in [0.25, 0.3) is 0 Å². The van der Waals surface area contributed by atoms with Crippen molar-refractivity contribution in [3.8, 4) is 0 Å². The fraction of sp³-hybridized carbons (Fsp3) is 0.421. The molecular weight excluding hydrogens is 300 g/mol. The molecule has 0 bridgehead atoms. The number of nitrogens with one attached hydrogen (secondary N) is 1. The Morgan fingerprint density at radius 3 is 2.38 bits per heavy atom. The molecule has 1 N–H and O–H groups in total. The lowest BCUT2D eigenvalue weighted by Gasteiger charge is -2.31. The smallest absolute Gasteiger partial charge is 0.251 e. The van der Waals surface area contributed by atoms with Crippen LogP contribution in [0.2, 0.25) is 0 Å². The molecule has 5 heteroatoms. The van der Waals surface area contributed by atoms with Gasteiger partial charge in [0.15, 0.2) is 0 Å². The molecule has 0 atom stereocenters. The summed E-state index contributed by atoms with van der Waals surface area (Å²) in [5, 5.41) is 3.09. The number of aromatic nitrogens is 2. The van der Waals surface area contributed by atoms with Gasteiger partial charge in [-0.05, 0) is 50.8 Å². The molecule has 1 fully saturated rings. The van der Waals surface area contributed by atoms with Crippen molar-refractivity contribution in [1.29, 1.82) is 0 Å². The van der Waals surface area contributed by atoms with Gasteiger partial charge in [0.05, 0.1) is 0 Å². The molecule has 24 heavy (non-hydrogen) atoms. The number of anilines is 1. The minimum atomic E-state index is 0.0237. The average Bonchev–Trinajstić information content (AvgIpc) is 2.60. The molecule has 0 aliphatic carbocycles. The largest absolute Gasteiger partial charge is 0.352 e. The van der Waals surface area contributed by atoms with Gasteiger partial charge in [-0.3, -0.25) is 4.79 Å². The van der Waals surface area contributed by atoms with Gasteiger partial charge in [-0.25, -0.2) is 9.97 Å². The lowest BCUT2D eigenvalue weighted by molar-refractivity contribution is 0.0944. The fourth-order valence-corrected chi connectivity index (χ4v) is 3.24. The molecule has 2 aromatic rings. The van der Waals surface area contributed by atoms with Crippen molar-refractivity contribution in [3.05, 3.63) is 53.3 Å². The second-order valence-electron chi connectivity index (χ2n) is 6.57. The number of piperidine rings is 1. The Kier molecular flexibility index (Phi) is 5.08. The van der Waals surface area contributed by atoms with E-state index in [-0.39, 0.29) is 5.91 Å². The number of benzene rings is 1. The highest BCUT2D eigenvalue weighted by molar-refractivity contribution is 5.94. The van der Waals surface area contributed by atoms with Crippen molar-refractivity contribution < 1.29 is 4.79 Å². The fourth-order valence-electron chi connectivity index (χ4n) is 3.24. The van der Waals surface area contributed by atoms with Crippen LogP contribution in [0.3, 0.4) is 0 Å². The number of aryl methyl sites for hydroxylation is 2. The molecule has 1 saturated heterocycles. The molecule has 1 aliphatic heterocycles. The molecule has 0 unspecified atom stereocenters. The van der Waals surface area contributed by atoms with Gasteiger partial charge in [0.25, 0.3) is 5.91 Å². The molecule has 0 radical (unpaired) electrons. The summed E-state index contributed by atoms with van der Waals surface area (Å²) in [5.74, 6) is 1.34. The maximum Gasteiger partial charge on any atom is 0.251 e. The molecule has 1 aromatic heterocycles. The maximum atomic E-state index is 12.3. The van der Waals surface area contributed by atoms with Crippen molar-refractivity contribution in [2.45, 2.75) is 26.7 Å². The lowest BCUT2D eigenvalue weighted by Crippen LogP contribution is -2.39. The van der Waals surface area contributed by atoms with Crippen LogP contribution in [0.5, 0.6) is 0 Å². The van der Waals surface area contributed by atoms with Gasteiger partial charge in [-0.15, -0.1) is 0 Å².